The van der Waals surface area contributed by atoms with Crippen molar-refractivity contribution in [3.63, 3.8) is 0 Å². The zero-order valence-corrected chi connectivity index (χ0v) is 13.2. The number of terminal acetylenes is 1. The highest BCUT2D eigenvalue weighted by Gasteiger charge is 2.39. The van der Waals surface area contributed by atoms with E-state index < -0.39 is 5.66 Å². The monoisotopic (exact) mass is 315 g/mol. The molecule has 122 valence electrons. The highest BCUT2D eigenvalue weighted by molar-refractivity contribution is 5.76. The van der Waals surface area contributed by atoms with E-state index in [0.717, 1.165) is 18.4 Å². The van der Waals surface area contributed by atoms with Gasteiger partial charge in [0.05, 0.1) is 12.2 Å². The van der Waals surface area contributed by atoms with Crippen LogP contribution in [0.4, 0.5) is 0 Å². The van der Waals surface area contributed by atoms with Gasteiger partial charge < -0.3 is 10.1 Å². The van der Waals surface area contributed by atoms with Crippen LogP contribution in [-0.2, 0) is 16.6 Å². The molecule has 1 aromatic rings. The summed E-state index contributed by atoms with van der Waals surface area (Å²) >= 11 is 0. The van der Waals surface area contributed by atoms with Crippen molar-refractivity contribution in [2.45, 2.75) is 49.9 Å². The summed E-state index contributed by atoms with van der Waals surface area (Å²) in [4.78, 5) is 12.2. The van der Waals surface area contributed by atoms with Crippen molar-refractivity contribution in [1.29, 1.82) is 0 Å². The maximum absolute atomic E-state index is 12.2. The SMILES string of the molecule is C#CCCC1(CCC(=O)N[C@@H]2CCO[C@H]2c2cnn(C)c2)N=N1. The molecule has 0 radical (unpaired) electrons. The Hall–Kier alpha value is -2.20. The van der Waals surface area contributed by atoms with Crippen molar-refractivity contribution < 1.29 is 9.53 Å². The number of aryl methyl sites for hydroxylation is 1. The number of amides is 1. The van der Waals surface area contributed by atoms with Gasteiger partial charge in [-0.05, 0) is 6.42 Å². The maximum atomic E-state index is 12.2. The quantitative estimate of drug-likeness (QED) is 0.778. The second-order valence-corrected chi connectivity index (χ2v) is 6.09. The lowest BCUT2D eigenvalue weighted by atomic mass is 10.0. The fourth-order valence-electron chi connectivity index (χ4n) is 2.91. The third kappa shape index (κ3) is 3.77. The number of aromatic nitrogens is 2. The summed E-state index contributed by atoms with van der Waals surface area (Å²) in [5.41, 5.74) is 0.589. The first kappa shape index (κ1) is 15.7. The summed E-state index contributed by atoms with van der Waals surface area (Å²) in [7, 11) is 1.87. The van der Waals surface area contributed by atoms with Gasteiger partial charge in [0.2, 0.25) is 5.91 Å². The van der Waals surface area contributed by atoms with Crippen molar-refractivity contribution in [2.24, 2.45) is 17.3 Å². The van der Waals surface area contributed by atoms with Crippen molar-refractivity contribution in [3.05, 3.63) is 18.0 Å². The van der Waals surface area contributed by atoms with E-state index in [0.29, 0.717) is 25.9 Å². The largest absolute Gasteiger partial charge is 0.371 e. The number of carbonyl (C=O) groups is 1. The lowest BCUT2D eigenvalue weighted by molar-refractivity contribution is -0.122. The van der Waals surface area contributed by atoms with Crippen LogP contribution < -0.4 is 5.32 Å². The second-order valence-electron chi connectivity index (χ2n) is 6.09. The zero-order chi connectivity index (χ0) is 16.3. The summed E-state index contributed by atoms with van der Waals surface area (Å²) in [6, 6.07) is -0.0126. The number of hydrogen-bond acceptors (Lipinski definition) is 5. The number of rotatable bonds is 7. The summed E-state index contributed by atoms with van der Waals surface area (Å²) < 4.78 is 7.49. The third-order valence-corrected chi connectivity index (χ3v) is 4.30. The van der Waals surface area contributed by atoms with Crippen molar-refractivity contribution >= 4 is 5.91 Å². The van der Waals surface area contributed by atoms with E-state index in [9.17, 15) is 4.79 Å². The van der Waals surface area contributed by atoms with Gasteiger partial charge in [-0.1, -0.05) is 0 Å². The number of hydrogen-bond donors (Lipinski definition) is 1. The second kappa shape index (κ2) is 6.50. The van der Waals surface area contributed by atoms with Gasteiger partial charge in [-0.3, -0.25) is 9.48 Å². The molecular weight excluding hydrogens is 294 g/mol. The van der Waals surface area contributed by atoms with Crippen LogP contribution in [0.25, 0.3) is 0 Å². The number of ether oxygens (including phenoxy) is 1. The minimum atomic E-state index is -0.404. The maximum Gasteiger partial charge on any atom is 0.220 e. The van der Waals surface area contributed by atoms with Crippen LogP contribution in [0, 0.1) is 12.3 Å². The van der Waals surface area contributed by atoms with E-state index in [1.165, 1.54) is 0 Å². The molecule has 7 nitrogen and oxygen atoms in total. The molecule has 0 saturated carbocycles. The molecule has 2 atom stereocenters. The van der Waals surface area contributed by atoms with Crippen LogP contribution >= 0.6 is 0 Å². The molecule has 3 heterocycles. The van der Waals surface area contributed by atoms with Gasteiger partial charge in [0.25, 0.3) is 0 Å². The highest BCUT2D eigenvalue weighted by atomic mass is 16.5. The Kier molecular flexibility index (Phi) is 4.44. The van der Waals surface area contributed by atoms with Crippen LogP contribution in [0.1, 0.15) is 43.8 Å². The van der Waals surface area contributed by atoms with Gasteiger partial charge in [0.1, 0.15) is 6.10 Å². The van der Waals surface area contributed by atoms with E-state index in [1.54, 1.807) is 10.9 Å². The predicted octanol–water partition coefficient (Wildman–Crippen LogP) is 1.72. The van der Waals surface area contributed by atoms with Gasteiger partial charge in [-0.2, -0.15) is 15.3 Å². The van der Waals surface area contributed by atoms with E-state index in [-0.39, 0.29) is 18.1 Å². The molecule has 2 aliphatic heterocycles. The molecule has 7 heteroatoms. The smallest absolute Gasteiger partial charge is 0.220 e. The standard InChI is InChI=1S/C16H21N5O2/c1-3-4-7-16(19-20-16)8-5-14(22)18-13-6-9-23-15(13)12-10-17-21(2)11-12/h1,10-11,13,15H,4-9H2,2H3,(H,18,22)/t13-,15+/m1/s1. The van der Waals surface area contributed by atoms with Crippen LogP contribution in [0.2, 0.25) is 0 Å². The van der Waals surface area contributed by atoms with Crippen LogP contribution in [0.15, 0.2) is 22.6 Å². The Morgan fingerprint density at radius 2 is 2.39 bits per heavy atom. The molecular formula is C16H21N5O2. The van der Waals surface area contributed by atoms with Gasteiger partial charge in [-0.25, -0.2) is 0 Å². The Labute approximate surface area is 135 Å². The predicted molar refractivity (Wildman–Crippen MR) is 83.3 cm³/mol. The first-order valence-corrected chi connectivity index (χ1v) is 7.89. The Bertz CT molecular complexity index is 639. The molecule has 0 unspecified atom stereocenters. The zero-order valence-electron chi connectivity index (χ0n) is 13.2. The molecule has 3 rings (SSSR count). The molecule has 0 spiro atoms. The molecule has 0 aromatic carbocycles. The number of carbonyl (C=O) groups excluding carboxylic acids is 1. The Balaban J connectivity index is 1.48. The molecule has 0 bridgehead atoms. The molecule has 2 aliphatic rings. The first-order valence-electron chi connectivity index (χ1n) is 7.89. The molecule has 1 aromatic heterocycles. The molecule has 23 heavy (non-hydrogen) atoms. The summed E-state index contributed by atoms with van der Waals surface area (Å²) in [5, 5.41) is 15.3. The number of nitrogens with one attached hydrogen (secondary N) is 1. The normalized spacial score (nSPS) is 24.3. The Morgan fingerprint density at radius 3 is 3.04 bits per heavy atom. The van der Waals surface area contributed by atoms with Gasteiger partial charge in [-0.15, -0.1) is 12.3 Å². The van der Waals surface area contributed by atoms with Crippen LogP contribution in [-0.4, -0.2) is 34.0 Å². The minimum absolute atomic E-state index is 0.00627. The van der Waals surface area contributed by atoms with Crippen LogP contribution in [0.3, 0.4) is 0 Å². The van der Waals surface area contributed by atoms with Crippen molar-refractivity contribution in [3.8, 4) is 12.3 Å². The lowest BCUT2D eigenvalue weighted by Crippen LogP contribution is -2.37. The Morgan fingerprint density at radius 1 is 1.57 bits per heavy atom. The average Bonchev–Trinajstić information content (AvgIpc) is 2.93. The fourth-order valence-corrected chi connectivity index (χ4v) is 2.91. The van der Waals surface area contributed by atoms with Gasteiger partial charge >= 0.3 is 0 Å². The summed E-state index contributed by atoms with van der Waals surface area (Å²) in [5.74, 6) is 2.60. The first-order chi connectivity index (χ1) is 11.1. The van der Waals surface area contributed by atoms with Crippen molar-refractivity contribution in [2.75, 3.05) is 6.61 Å². The molecule has 1 fully saturated rings. The van der Waals surface area contributed by atoms with E-state index >= 15 is 0 Å². The third-order valence-electron chi connectivity index (χ3n) is 4.30. The van der Waals surface area contributed by atoms with E-state index in [1.807, 2.05) is 13.2 Å². The molecule has 1 amide bonds. The lowest BCUT2D eigenvalue weighted by Gasteiger charge is -2.19. The van der Waals surface area contributed by atoms with Gasteiger partial charge in [0.15, 0.2) is 5.66 Å². The van der Waals surface area contributed by atoms with Crippen LogP contribution in [0.5, 0.6) is 0 Å². The topological polar surface area (TPSA) is 80.9 Å². The van der Waals surface area contributed by atoms with E-state index in [2.05, 4.69) is 26.6 Å². The van der Waals surface area contributed by atoms with Gasteiger partial charge in [0, 0.05) is 51.1 Å². The minimum Gasteiger partial charge on any atom is -0.371 e. The highest BCUT2D eigenvalue weighted by Crippen LogP contribution is 2.37. The summed E-state index contributed by atoms with van der Waals surface area (Å²) in [6.07, 6.45) is 12.0. The molecule has 1 N–H and O–H groups in total. The molecule has 0 aliphatic carbocycles. The molecule has 1 saturated heterocycles. The number of nitrogens with zero attached hydrogens (tertiary/aromatic N) is 4. The van der Waals surface area contributed by atoms with E-state index in [4.69, 9.17) is 11.2 Å². The average molecular weight is 315 g/mol. The fraction of sp³-hybridized carbons (Fsp3) is 0.625. The van der Waals surface area contributed by atoms with Crippen molar-refractivity contribution in [1.82, 2.24) is 15.1 Å². The summed E-state index contributed by atoms with van der Waals surface area (Å²) in [6.45, 7) is 0.640.